The van der Waals surface area contributed by atoms with E-state index in [4.69, 9.17) is 16.9 Å². The molecule has 2 rings (SSSR count). The Hall–Kier alpha value is -2.07. The van der Waals surface area contributed by atoms with Crippen LogP contribution >= 0.6 is 11.6 Å². The zero-order valence-electron chi connectivity index (χ0n) is 12.5. The van der Waals surface area contributed by atoms with E-state index in [1.54, 1.807) is 30.3 Å². The number of nitriles is 1. The molecule has 2 aromatic carbocycles. The lowest BCUT2D eigenvalue weighted by Gasteiger charge is -2.11. The summed E-state index contributed by atoms with van der Waals surface area (Å²) in [6, 6.07) is 14.4. The largest absolute Gasteiger partial charge is 0.379 e. The third-order valence-electron chi connectivity index (χ3n) is 3.26. The molecule has 2 N–H and O–H groups in total. The van der Waals surface area contributed by atoms with Crippen LogP contribution in [0.1, 0.15) is 16.7 Å². The Morgan fingerprint density at radius 2 is 1.87 bits per heavy atom. The van der Waals surface area contributed by atoms with Crippen LogP contribution in [0.5, 0.6) is 0 Å². The molecular weight excluding hydrogens is 334 g/mol. The molecule has 120 valence electrons. The van der Waals surface area contributed by atoms with Crippen LogP contribution in [0.25, 0.3) is 0 Å². The quantitative estimate of drug-likeness (QED) is 0.840. The number of benzene rings is 2. The summed E-state index contributed by atoms with van der Waals surface area (Å²) in [6.45, 7) is 0.436. The highest BCUT2D eigenvalue weighted by atomic mass is 35.5. The first-order valence-corrected chi connectivity index (χ1v) is 8.89. The van der Waals surface area contributed by atoms with Crippen molar-refractivity contribution in [2.24, 2.45) is 0 Å². The Bertz CT molecular complexity index is 845. The Morgan fingerprint density at radius 1 is 1.17 bits per heavy atom. The van der Waals surface area contributed by atoms with Crippen molar-refractivity contribution >= 4 is 27.3 Å². The Morgan fingerprint density at radius 3 is 2.57 bits per heavy atom. The maximum atomic E-state index is 11.6. The minimum Gasteiger partial charge on any atom is -0.379 e. The third kappa shape index (κ3) is 4.70. The molecule has 0 aliphatic carbocycles. The third-order valence-corrected chi connectivity index (χ3v) is 4.91. The van der Waals surface area contributed by atoms with Crippen LogP contribution < -0.4 is 10.0 Å². The second-order valence-electron chi connectivity index (χ2n) is 4.91. The lowest BCUT2D eigenvalue weighted by Crippen LogP contribution is -2.20. The molecule has 0 saturated heterocycles. The zero-order valence-corrected chi connectivity index (χ0v) is 14.1. The summed E-state index contributed by atoms with van der Waals surface area (Å²) in [6.07, 6.45) is 0. The van der Waals surface area contributed by atoms with Gasteiger partial charge < -0.3 is 5.32 Å². The van der Waals surface area contributed by atoms with Crippen LogP contribution in [-0.4, -0.2) is 15.5 Å². The molecule has 0 heterocycles. The van der Waals surface area contributed by atoms with Crippen LogP contribution in [0.15, 0.2) is 42.5 Å². The van der Waals surface area contributed by atoms with Gasteiger partial charge in [0.2, 0.25) is 10.0 Å². The molecule has 7 heteroatoms. The van der Waals surface area contributed by atoms with Gasteiger partial charge in [-0.1, -0.05) is 41.9 Å². The van der Waals surface area contributed by atoms with Crippen molar-refractivity contribution in [3.05, 3.63) is 64.2 Å². The number of nitrogens with one attached hydrogen (secondary N) is 2. The highest BCUT2D eigenvalue weighted by Gasteiger charge is 2.10. The van der Waals surface area contributed by atoms with E-state index in [-0.39, 0.29) is 5.75 Å². The molecule has 0 aromatic heterocycles. The van der Waals surface area contributed by atoms with Gasteiger partial charge in [-0.05, 0) is 30.3 Å². The first kappa shape index (κ1) is 17.3. The fraction of sp³-hybridized carbons (Fsp3) is 0.188. The lowest BCUT2D eigenvalue weighted by atomic mass is 10.1. The minimum atomic E-state index is -3.31. The smallest absolute Gasteiger partial charge is 0.215 e. The van der Waals surface area contributed by atoms with Gasteiger partial charge in [0.1, 0.15) is 6.07 Å². The molecule has 23 heavy (non-hydrogen) atoms. The summed E-state index contributed by atoms with van der Waals surface area (Å²) in [5.41, 5.74) is 2.63. The van der Waals surface area contributed by atoms with Crippen LogP contribution in [0, 0.1) is 11.3 Å². The van der Waals surface area contributed by atoms with Crippen molar-refractivity contribution < 1.29 is 8.42 Å². The Balaban J connectivity index is 2.15. The minimum absolute atomic E-state index is 0.0765. The van der Waals surface area contributed by atoms with Crippen molar-refractivity contribution in [3.8, 4) is 6.07 Å². The molecule has 0 radical (unpaired) electrons. The summed E-state index contributed by atoms with van der Waals surface area (Å²) in [5, 5.41) is 12.7. The lowest BCUT2D eigenvalue weighted by molar-refractivity contribution is 0.587. The summed E-state index contributed by atoms with van der Waals surface area (Å²) in [4.78, 5) is 0. The molecule has 0 fully saturated rings. The van der Waals surface area contributed by atoms with Gasteiger partial charge in [-0.2, -0.15) is 5.26 Å². The number of nitrogens with zero attached hydrogens (tertiary/aromatic N) is 1. The average Bonchev–Trinajstić information content (AvgIpc) is 2.53. The monoisotopic (exact) mass is 349 g/mol. The fourth-order valence-corrected chi connectivity index (χ4v) is 3.11. The van der Waals surface area contributed by atoms with E-state index in [2.05, 4.69) is 16.1 Å². The average molecular weight is 350 g/mol. The number of anilines is 1. The number of para-hydroxylation sites is 1. The summed E-state index contributed by atoms with van der Waals surface area (Å²) >= 11 is 6.11. The SMILES string of the molecule is CNS(=O)(=O)Cc1cccc(CNc2c(Cl)cccc2C#N)c1. The summed E-state index contributed by atoms with van der Waals surface area (Å²) in [7, 11) is -1.92. The van der Waals surface area contributed by atoms with Gasteiger partial charge in [-0.15, -0.1) is 0 Å². The van der Waals surface area contributed by atoms with E-state index in [0.717, 1.165) is 5.56 Å². The van der Waals surface area contributed by atoms with E-state index in [0.29, 0.717) is 28.4 Å². The molecule has 0 spiro atoms. The molecule has 0 saturated carbocycles. The molecule has 2 aromatic rings. The van der Waals surface area contributed by atoms with E-state index in [9.17, 15) is 8.42 Å². The fourth-order valence-electron chi connectivity index (χ4n) is 2.11. The first-order valence-electron chi connectivity index (χ1n) is 6.86. The van der Waals surface area contributed by atoms with Gasteiger partial charge in [-0.25, -0.2) is 13.1 Å². The number of hydrogen-bond donors (Lipinski definition) is 2. The van der Waals surface area contributed by atoms with Crippen LogP contribution in [0.4, 0.5) is 5.69 Å². The van der Waals surface area contributed by atoms with Crippen molar-refractivity contribution in [2.45, 2.75) is 12.3 Å². The van der Waals surface area contributed by atoms with Gasteiger partial charge in [-0.3, -0.25) is 0 Å². The maximum Gasteiger partial charge on any atom is 0.215 e. The van der Waals surface area contributed by atoms with Crippen molar-refractivity contribution in [2.75, 3.05) is 12.4 Å². The van der Waals surface area contributed by atoms with Crippen LogP contribution in [-0.2, 0) is 22.3 Å². The molecule has 5 nitrogen and oxygen atoms in total. The van der Waals surface area contributed by atoms with Crippen molar-refractivity contribution in [3.63, 3.8) is 0 Å². The number of rotatable bonds is 6. The molecule has 0 unspecified atom stereocenters. The van der Waals surface area contributed by atoms with Gasteiger partial charge >= 0.3 is 0 Å². The molecule has 0 atom stereocenters. The van der Waals surface area contributed by atoms with Crippen molar-refractivity contribution in [1.29, 1.82) is 5.26 Å². The Kier molecular flexibility index (Phi) is 5.61. The standard InChI is InChI=1S/C16H16ClN3O2S/c1-19-23(21,22)11-13-5-2-4-12(8-13)10-20-16-14(9-18)6-3-7-15(16)17/h2-8,19-20H,10-11H2,1H3. The van der Waals surface area contributed by atoms with Gasteiger partial charge in [0.25, 0.3) is 0 Å². The Labute approximate surface area is 141 Å². The number of halogens is 1. The van der Waals surface area contributed by atoms with Gasteiger partial charge in [0.15, 0.2) is 0 Å². The first-order chi connectivity index (χ1) is 10.9. The maximum absolute atomic E-state index is 11.6. The van der Waals surface area contributed by atoms with Crippen LogP contribution in [0.2, 0.25) is 5.02 Å². The topological polar surface area (TPSA) is 82.0 Å². The molecule has 0 bridgehead atoms. The normalized spacial score (nSPS) is 11.0. The van der Waals surface area contributed by atoms with Crippen LogP contribution in [0.3, 0.4) is 0 Å². The van der Waals surface area contributed by atoms with Gasteiger partial charge in [0, 0.05) is 6.54 Å². The second kappa shape index (κ2) is 7.47. The predicted molar refractivity (Wildman–Crippen MR) is 91.6 cm³/mol. The highest BCUT2D eigenvalue weighted by molar-refractivity contribution is 7.88. The van der Waals surface area contributed by atoms with E-state index < -0.39 is 10.0 Å². The molecular formula is C16H16ClN3O2S. The van der Waals surface area contributed by atoms with E-state index in [1.165, 1.54) is 7.05 Å². The summed E-state index contributed by atoms with van der Waals surface area (Å²) in [5.74, 6) is -0.0765. The highest BCUT2D eigenvalue weighted by Crippen LogP contribution is 2.26. The van der Waals surface area contributed by atoms with Crippen molar-refractivity contribution in [1.82, 2.24) is 4.72 Å². The predicted octanol–water partition coefficient (Wildman–Crippen LogP) is 2.87. The van der Waals surface area contributed by atoms with Gasteiger partial charge in [0.05, 0.1) is 22.0 Å². The van der Waals surface area contributed by atoms with E-state index in [1.807, 2.05) is 12.1 Å². The molecule has 0 aliphatic rings. The molecule has 0 aliphatic heterocycles. The van der Waals surface area contributed by atoms with E-state index >= 15 is 0 Å². The zero-order chi connectivity index (χ0) is 16.9. The number of hydrogen-bond acceptors (Lipinski definition) is 4. The number of sulfonamides is 1. The summed E-state index contributed by atoms with van der Waals surface area (Å²) < 4.78 is 25.5. The second-order valence-corrected chi connectivity index (χ2v) is 7.24. The molecule has 0 amide bonds.